The molecular formula is C26H21Cl2NO4. The molecule has 4 aromatic rings. The molecular weight excluding hydrogens is 461 g/mol. The maximum absolute atomic E-state index is 11.4. The fourth-order valence-corrected chi connectivity index (χ4v) is 4.05. The number of carboxylic acids is 1. The Morgan fingerprint density at radius 3 is 2.52 bits per heavy atom. The number of hydrogen-bond donors (Lipinski definition) is 2. The quantitative estimate of drug-likeness (QED) is 0.282. The summed E-state index contributed by atoms with van der Waals surface area (Å²) in [5, 5.41) is 15.9. The number of hydrogen-bond acceptors (Lipinski definition) is 4. The lowest BCUT2D eigenvalue weighted by atomic mass is 10.0. The van der Waals surface area contributed by atoms with Gasteiger partial charge in [-0.05, 0) is 47.2 Å². The monoisotopic (exact) mass is 481 g/mol. The molecule has 0 radical (unpaired) electrons. The van der Waals surface area contributed by atoms with Crippen LogP contribution in [0, 0.1) is 0 Å². The summed E-state index contributed by atoms with van der Waals surface area (Å²) in [6.45, 7) is 0.670. The number of carboxylic acid groups (broad SMARTS) is 1. The Bertz CT molecular complexity index is 1320. The highest BCUT2D eigenvalue weighted by Gasteiger charge is 2.13. The highest BCUT2D eigenvalue weighted by Crippen LogP contribution is 2.32. The number of aromatic carboxylic acids is 1. The smallest absolute Gasteiger partial charge is 0.335 e. The molecule has 7 heteroatoms. The standard InChI is InChI=1S/C26H21Cl2NO4/c1-32-25-11-8-17(26(30)31)12-23(25)29-14-21-20-5-3-2-4-16(20)7-10-24(21)33-15-18-6-9-19(27)13-22(18)28/h2-13,29H,14-15H2,1H3,(H,30,31). The minimum atomic E-state index is -1.00. The molecule has 0 fully saturated rings. The van der Waals surface area contributed by atoms with Crippen molar-refractivity contribution in [3.8, 4) is 11.5 Å². The van der Waals surface area contributed by atoms with Crippen LogP contribution in [0.1, 0.15) is 21.5 Å². The van der Waals surface area contributed by atoms with Crippen molar-refractivity contribution >= 4 is 45.6 Å². The molecule has 168 valence electrons. The van der Waals surface area contributed by atoms with E-state index in [9.17, 15) is 9.90 Å². The minimum absolute atomic E-state index is 0.171. The second-order valence-corrected chi connectivity index (χ2v) is 8.21. The lowest BCUT2D eigenvalue weighted by molar-refractivity contribution is 0.0697. The summed E-state index contributed by atoms with van der Waals surface area (Å²) in [4.78, 5) is 11.4. The molecule has 0 aliphatic rings. The summed E-state index contributed by atoms with van der Waals surface area (Å²) in [6, 6.07) is 21.9. The highest BCUT2D eigenvalue weighted by molar-refractivity contribution is 6.35. The molecule has 0 bridgehead atoms. The minimum Gasteiger partial charge on any atom is -0.495 e. The third-order valence-corrected chi connectivity index (χ3v) is 5.88. The normalized spacial score (nSPS) is 10.8. The van der Waals surface area contributed by atoms with Gasteiger partial charge in [-0.1, -0.05) is 59.6 Å². The van der Waals surface area contributed by atoms with E-state index in [2.05, 4.69) is 5.32 Å². The third kappa shape index (κ3) is 5.16. The van der Waals surface area contributed by atoms with Crippen LogP contribution in [-0.2, 0) is 13.2 Å². The molecule has 4 aromatic carbocycles. The van der Waals surface area contributed by atoms with Crippen molar-refractivity contribution in [2.45, 2.75) is 13.2 Å². The number of fused-ring (bicyclic) bond motifs is 1. The SMILES string of the molecule is COc1ccc(C(=O)O)cc1NCc1c(OCc2ccc(Cl)cc2Cl)ccc2ccccc12. The second-order valence-electron chi connectivity index (χ2n) is 7.36. The summed E-state index contributed by atoms with van der Waals surface area (Å²) in [6.07, 6.45) is 0. The number of nitrogens with one attached hydrogen (secondary N) is 1. The van der Waals surface area contributed by atoms with Crippen molar-refractivity contribution in [3.05, 3.63) is 99.5 Å². The first kappa shape index (κ1) is 22.8. The number of carbonyl (C=O) groups is 1. The van der Waals surface area contributed by atoms with E-state index < -0.39 is 5.97 Å². The van der Waals surface area contributed by atoms with Gasteiger partial charge >= 0.3 is 5.97 Å². The summed E-state index contributed by atoms with van der Waals surface area (Å²) >= 11 is 12.3. The van der Waals surface area contributed by atoms with Crippen LogP contribution < -0.4 is 14.8 Å². The molecule has 0 heterocycles. The molecule has 0 amide bonds. The Kier molecular flexibility index (Phi) is 6.92. The predicted octanol–water partition coefficient (Wildman–Crippen LogP) is 7.04. The van der Waals surface area contributed by atoms with E-state index in [0.717, 1.165) is 21.9 Å². The van der Waals surface area contributed by atoms with Gasteiger partial charge in [0.25, 0.3) is 0 Å². The Balaban J connectivity index is 1.66. The van der Waals surface area contributed by atoms with Crippen LogP contribution in [-0.4, -0.2) is 18.2 Å². The van der Waals surface area contributed by atoms with Crippen LogP contribution in [0.4, 0.5) is 5.69 Å². The lowest BCUT2D eigenvalue weighted by Gasteiger charge is -2.17. The van der Waals surface area contributed by atoms with Crippen molar-refractivity contribution in [1.29, 1.82) is 0 Å². The molecule has 2 N–H and O–H groups in total. The van der Waals surface area contributed by atoms with Crippen LogP contribution in [0.2, 0.25) is 10.0 Å². The fourth-order valence-electron chi connectivity index (χ4n) is 3.59. The Morgan fingerprint density at radius 2 is 1.76 bits per heavy atom. The average molecular weight is 482 g/mol. The molecule has 5 nitrogen and oxygen atoms in total. The lowest BCUT2D eigenvalue weighted by Crippen LogP contribution is -2.07. The molecule has 0 aliphatic heterocycles. The number of ether oxygens (including phenoxy) is 2. The van der Waals surface area contributed by atoms with Gasteiger partial charge in [-0.15, -0.1) is 0 Å². The first-order valence-electron chi connectivity index (χ1n) is 10.2. The van der Waals surface area contributed by atoms with Gasteiger partial charge < -0.3 is 19.9 Å². The largest absolute Gasteiger partial charge is 0.495 e. The van der Waals surface area contributed by atoms with Crippen molar-refractivity contribution in [2.75, 3.05) is 12.4 Å². The molecule has 33 heavy (non-hydrogen) atoms. The van der Waals surface area contributed by atoms with Gasteiger partial charge in [-0.25, -0.2) is 4.79 Å². The molecule has 0 atom stereocenters. The van der Waals surface area contributed by atoms with Crippen molar-refractivity contribution in [2.24, 2.45) is 0 Å². The van der Waals surface area contributed by atoms with E-state index in [4.69, 9.17) is 32.7 Å². The zero-order valence-corrected chi connectivity index (χ0v) is 19.3. The van der Waals surface area contributed by atoms with E-state index in [1.54, 1.807) is 31.4 Å². The molecule has 0 aliphatic carbocycles. The molecule has 0 unspecified atom stereocenters. The first-order valence-corrected chi connectivity index (χ1v) is 10.9. The fraction of sp³-hybridized carbons (Fsp3) is 0.115. The summed E-state index contributed by atoms with van der Waals surface area (Å²) < 4.78 is 11.6. The summed E-state index contributed by atoms with van der Waals surface area (Å²) in [5.41, 5.74) is 2.51. The first-order chi connectivity index (χ1) is 16.0. The van der Waals surface area contributed by atoms with Crippen LogP contribution >= 0.6 is 23.2 Å². The van der Waals surface area contributed by atoms with Crippen LogP contribution in [0.15, 0.2) is 72.8 Å². The maximum Gasteiger partial charge on any atom is 0.335 e. The highest BCUT2D eigenvalue weighted by atomic mass is 35.5. The number of anilines is 1. The van der Waals surface area contributed by atoms with Gasteiger partial charge in [0.15, 0.2) is 0 Å². The number of rotatable bonds is 8. The molecule has 0 saturated carbocycles. The van der Waals surface area contributed by atoms with Crippen molar-refractivity contribution < 1.29 is 19.4 Å². The average Bonchev–Trinajstić information content (AvgIpc) is 2.82. The summed E-state index contributed by atoms with van der Waals surface area (Å²) in [5.74, 6) is 0.242. The van der Waals surface area contributed by atoms with E-state index in [-0.39, 0.29) is 12.2 Å². The summed E-state index contributed by atoms with van der Waals surface area (Å²) in [7, 11) is 1.54. The predicted molar refractivity (Wildman–Crippen MR) is 132 cm³/mol. The zero-order chi connectivity index (χ0) is 23.4. The van der Waals surface area contributed by atoms with Gasteiger partial charge in [0.2, 0.25) is 0 Å². The Morgan fingerprint density at radius 1 is 0.970 bits per heavy atom. The number of halogens is 2. The third-order valence-electron chi connectivity index (χ3n) is 5.30. The Labute approximate surface area is 201 Å². The molecule has 0 saturated heterocycles. The van der Waals surface area contributed by atoms with E-state index >= 15 is 0 Å². The van der Waals surface area contributed by atoms with Gasteiger partial charge in [0.05, 0.1) is 18.4 Å². The zero-order valence-electron chi connectivity index (χ0n) is 17.8. The van der Waals surface area contributed by atoms with Gasteiger partial charge in [0.1, 0.15) is 18.1 Å². The molecule has 4 rings (SSSR count). The van der Waals surface area contributed by atoms with E-state index in [1.807, 2.05) is 42.5 Å². The van der Waals surface area contributed by atoms with E-state index in [0.29, 0.717) is 33.8 Å². The molecule has 0 aromatic heterocycles. The number of methoxy groups -OCH3 is 1. The second kappa shape index (κ2) is 10.0. The topological polar surface area (TPSA) is 67.8 Å². The molecule has 0 spiro atoms. The van der Waals surface area contributed by atoms with Crippen LogP contribution in [0.25, 0.3) is 10.8 Å². The maximum atomic E-state index is 11.4. The van der Waals surface area contributed by atoms with Crippen molar-refractivity contribution in [3.63, 3.8) is 0 Å². The number of benzene rings is 4. The van der Waals surface area contributed by atoms with Crippen LogP contribution in [0.5, 0.6) is 11.5 Å². The van der Waals surface area contributed by atoms with Gasteiger partial charge in [-0.3, -0.25) is 0 Å². The van der Waals surface area contributed by atoms with Gasteiger partial charge in [0, 0.05) is 27.7 Å². The Hall–Kier alpha value is -3.41. The van der Waals surface area contributed by atoms with Gasteiger partial charge in [-0.2, -0.15) is 0 Å². The van der Waals surface area contributed by atoms with Crippen molar-refractivity contribution in [1.82, 2.24) is 0 Å². The van der Waals surface area contributed by atoms with E-state index in [1.165, 1.54) is 6.07 Å². The van der Waals surface area contributed by atoms with Crippen LogP contribution in [0.3, 0.4) is 0 Å².